The SMILES string of the molecule is CC(C)Nc1cccnc1N1CCN(C(=O)c2cc3cc(NC(=O)N4CC(C)N(C)C(C)C4)ccc3[nH]2)CC1. The lowest BCUT2D eigenvalue weighted by molar-refractivity contribution is 0.0741. The largest absolute Gasteiger partial charge is 0.380 e. The Bertz CT molecular complexity index is 1320. The molecule has 39 heavy (non-hydrogen) atoms. The zero-order chi connectivity index (χ0) is 27.7. The molecule has 0 aliphatic carbocycles. The number of aromatic nitrogens is 2. The Morgan fingerprint density at radius 2 is 1.72 bits per heavy atom. The van der Waals surface area contributed by atoms with Crippen LogP contribution in [-0.4, -0.2) is 101 Å². The van der Waals surface area contributed by atoms with Gasteiger partial charge in [-0.25, -0.2) is 9.78 Å². The highest BCUT2D eigenvalue weighted by molar-refractivity contribution is 6.00. The summed E-state index contributed by atoms with van der Waals surface area (Å²) < 4.78 is 0. The molecule has 2 aliphatic heterocycles. The number of carbonyl (C=O) groups excluding carboxylic acids is 2. The van der Waals surface area contributed by atoms with Crippen LogP contribution in [0, 0.1) is 0 Å². The van der Waals surface area contributed by atoms with Crippen molar-refractivity contribution in [3.63, 3.8) is 0 Å². The summed E-state index contributed by atoms with van der Waals surface area (Å²) in [6.45, 7) is 12.6. The second-order valence-corrected chi connectivity index (χ2v) is 11.1. The van der Waals surface area contributed by atoms with Crippen molar-refractivity contribution in [2.24, 2.45) is 0 Å². The van der Waals surface area contributed by atoms with Crippen molar-refractivity contribution in [1.82, 2.24) is 24.7 Å². The lowest BCUT2D eigenvalue weighted by atomic mass is 10.1. The normalized spacial score (nSPS) is 20.5. The van der Waals surface area contributed by atoms with Crippen LogP contribution >= 0.6 is 0 Å². The molecule has 0 bridgehead atoms. The number of hydrogen-bond donors (Lipinski definition) is 3. The molecular formula is C29H40N8O2. The van der Waals surface area contributed by atoms with Gasteiger partial charge in [0.2, 0.25) is 0 Å². The summed E-state index contributed by atoms with van der Waals surface area (Å²) in [6, 6.07) is 12.4. The lowest BCUT2D eigenvalue weighted by Crippen LogP contribution is -2.57. The van der Waals surface area contributed by atoms with Gasteiger partial charge in [-0.15, -0.1) is 0 Å². The molecule has 2 fully saturated rings. The highest BCUT2D eigenvalue weighted by Crippen LogP contribution is 2.26. The number of piperazine rings is 2. The molecule has 3 N–H and O–H groups in total. The fraction of sp³-hybridized carbons (Fsp3) is 0.483. The number of anilines is 3. The second kappa shape index (κ2) is 11.1. The van der Waals surface area contributed by atoms with E-state index in [1.807, 2.05) is 52.4 Å². The number of fused-ring (bicyclic) bond motifs is 1. The summed E-state index contributed by atoms with van der Waals surface area (Å²) in [5, 5.41) is 7.40. The monoisotopic (exact) mass is 532 g/mol. The van der Waals surface area contributed by atoms with Crippen LogP contribution in [0.15, 0.2) is 42.6 Å². The van der Waals surface area contributed by atoms with Gasteiger partial charge in [0.1, 0.15) is 5.69 Å². The Kier molecular flexibility index (Phi) is 7.65. The first-order valence-corrected chi connectivity index (χ1v) is 13.9. The first-order chi connectivity index (χ1) is 18.7. The van der Waals surface area contributed by atoms with Crippen LogP contribution in [0.1, 0.15) is 38.2 Å². The van der Waals surface area contributed by atoms with Crippen molar-refractivity contribution in [2.75, 3.05) is 61.8 Å². The number of pyridine rings is 1. The summed E-state index contributed by atoms with van der Waals surface area (Å²) in [5.41, 5.74) is 3.17. The maximum atomic E-state index is 13.3. The lowest BCUT2D eigenvalue weighted by Gasteiger charge is -2.42. The number of rotatable bonds is 5. The number of likely N-dealkylation sites (N-methyl/N-ethyl adjacent to an activating group) is 1. The quantitative estimate of drug-likeness (QED) is 0.461. The topological polar surface area (TPSA) is 99.8 Å². The highest BCUT2D eigenvalue weighted by Gasteiger charge is 2.29. The molecule has 0 radical (unpaired) electrons. The summed E-state index contributed by atoms with van der Waals surface area (Å²) in [6.07, 6.45) is 1.81. The van der Waals surface area contributed by atoms with Gasteiger partial charge in [-0.05, 0) is 71.1 Å². The molecule has 5 rings (SSSR count). The van der Waals surface area contributed by atoms with E-state index < -0.39 is 0 Å². The third-order valence-corrected chi connectivity index (χ3v) is 7.85. The molecule has 1 aromatic carbocycles. The van der Waals surface area contributed by atoms with E-state index in [-0.39, 0.29) is 11.9 Å². The molecule has 0 spiro atoms. The fourth-order valence-corrected chi connectivity index (χ4v) is 5.46. The number of urea groups is 1. The molecule has 208 valence electrons. The average molecular weight is 533 g/mol. The second-order valence-electron chi connectivity index (χ2n) is 11.1. The van der Waals surface area contributed by atoms with Gasteiger partial charge in [0, 0.05) is 80.2 Å². The van der Waals surface area contributed by atoms with Crippen LogP contribution < -0.4 is 15.5 Å². The summed E-state index contributed by atoms with van der Waals surface area (Å²) in [5.74, 6) is 0.914. The fourth-order valence-electron chi connectivity index (χ4n) is 5.46. The third kappa shape index (κ3) is 5.80. The van der Waals surface area contributed by atoms with Gasteiger partial charge >= 0.3 is 6.03 Å². The Morgan fingerprint density at radius 3 is 2.41 bits per heavy atom. The summed E-state index contributed by atoms with van der Waals surface area (Å²) in [7, 11) is 2.10. The first kappa shape index (κ1) is 26.8. The molecule has 10 heteroatoms. The van der Waals surface area contributed by atoms with Crippen molar-refractivity contribution < 1.29 is 9.59 Å². The molecule has 0 saturated carbocycles. The number of benzene rings is 1. The number of H-pyrrole nitrogens is 1. The van der Waals surface area contributed by atoms with Gasteiger partial charge in [-0.1, -0.05) is 0 Å². The number of nitrogens with zero attached hydrogens (tertiary/aromatic N) is 5. The molecule has 4 heterocycles. The molecule has 10 nitrogen and oxygen atoms in total. The minimum absolute atomic E-state index is 0.0154. The van der Waals surface area contributed by atoms with Gasteiger partial charge in [0.25, 0.3) is 5.91 Å². The van der Waals surface area contributed by atoms with Crippen molar-refractivity contribution >= 4 is 40.0 Å². The molecule has 3 amide bonds. The third-order valence-electron chi connectivity index (χ3n) is 7.85. The van der Waals surface area contributed by atoms with Crippen LogP contribution in [-0.2, 0) is 0 Å². The van der Waals surface area contributed by atoms with Crippen molar-refractivity contribution in [3.05, 3.63) is 48.3 Å². The molecule has 2 unspecified atom stereocenters. The minimum atomic E-state index is -0.0921. The van der Waals surface area contributed by atoms with Gasteiger partial charge < -0.3 is 30.3 Å². The summed E-state index contributed by atoms with van der Waals surface area (Å²) >= 11 is 0. The number of carbonyl (C=O) groups is 2. The minimum Gasteiger partial charge on any atom is -0.380 e. The predicted molar refractivity (Wildman–Crippen MR) is 157 cm³/mol. The van der Waals surface area contributed by atoms with E-state index in [1.54, 1.807) is 0 Å². The van der Waals surface area contributed by atoms with Crippen LogP contribution in [0.25, 0.3) is 10.9 Å². The standard InChI is InChI=1S/C29H40N8O2/c1-19(2)31-25-7-6-10-30-27(25)35-11-13-36(14-12-35)28(38)26-16-22-15-23(8-9-24(22)33-26)32-29(39)37-17-20(3)34(5)21(4)18-37/h6-10,15-16,19-21,31,33H,11-14,17-18H2,1-5H3,(H,32,39). The number of nitrogens with one attached hydrogen (secondary N) is 3. The average Bonchev–Trinajstić information content (AvgIpc) is 3.34. The number of amides is 3. The van der Waals surface area contributed by atoms with Crippen LogP contribution in [0.2, 0.25) is 0 Å². The Balaban J connectivity index is 1.22. The molecule has 3 aromatic rings. The maximum Gasteiger partial charge on any atom is 0.321 e. The van der Waals surface area contributed by atoms with E-state index in [1.165, 1.54) is 0 Å². The molecular weight excluding hydrogens is 492 g/mol. The maximum absolute atomic E-state index is 13.3. The van der Waals surface area contributed by atoms with Gasteiger partial charge in [0.15, 0.2) is 5.82 Å². The molecule has 2 saturated heterocycles. The summed E-state index contributed by atoms with van der Waals surface area (Å²) in [4.78, 5) is 42.5. The van der Waals surface area contributed by atoms with E-state index in [0.717, 1.165) is 41.2 Å². The molecule has 2 atom stereocenters. The molecule has 2 aromatic heterocycles. The predicted octanol–water partition coefficient (Wildman–Crippen LogP) is 3.90. The van der Waals surface area contributed by atoms with Gasteiger partial charge in [0.05, 0.1) is 5.69 Å². The first-order valence-electron chi connectivity index (χ1n) is 13.9. The van der Waals surface area contributed by atoms with Crippen LogP contribution in [0.3, 0.4) is 0 Å². The van der Waals surface area contributed by atoms with Gasteiger partial charge in [-0.2, -0.15) is 0 Å². The zero-order valence-electron chi connectivity index (χ0n) is 23.6. The smallest absolute Gasteiger partial charge is 0.321 e. The number of hydrogen-bond acceptors (Lipinski definition) is 6. The highest BCUT2D eigenvalue weighted by atomic mass is 16.2. The van der Waals surface area contributed by atoms with Crippen LogP contribution in [0.5, 0.6) is 0 Å². The van der Waals surface area contributed by atoms with Gasteiger partial charge in [-0.3, -0.25) is 9.69 Å². The number of aromatic amines is 1. The van der Waals surface area contributed by atoms with E-state index in [0.29, 0.717) is 50.0 Å². The van der Waals surface area contributed by atoms with E-state index >= 15 is 0 Å². The van der Waals surface area contributed by atoms with Crippen LogP contribution in [0.4, 0.5) is 22.0 Å². The van der Waals surface area contributed by atoms with E-state index in [9.17, 15) is 9.59 Å². The zero-order valence-corrected chi connectivity index (χ0v) is 23.6. The van der Waals surface area contributed by atoms with Crippen molar-refractivity contribution in [1.29, 1.82) is 0 Å². The molecule has 2 aliphatic rings. The van der Waals surface area contributed by atoms with Crippen molar-refractivity contribution in [2.45, 2.75) is 45.8 Å². The Hall–Kier alpha value is -3.79. The Morgan fingerprint density at radius 1 is 1.00 bits per heavy atom. The Labute approximate surface area is 230 Å². The van der Waals surface area contributed by atoms with E-state index in [4.69, 9.17) is 0 Å². The van der Waals surface area contributed by atoms with E-state index in [2.05, 4.69) is 65.1 Å². The van der Waals surface area contributed by atoms with Crippen molar-refractivity contribution in [3.8, 4) is 0 Å².